The highest BCUT2D eigenvalue weighted by molar-refractivity contribution is 5.91. The number of aromatic carboxylic acids is 1. The maximum absolute atomic E-state index is 13.0. The van der Waals surface area contributed by atoms with Crippen LogP contribution >= 0.6 is 0 Å². The van der Waals surface area contributed by atoms with Crippen LogP contribution in [0.4, 0.5) is 13.2 Å². The van der Waals surface area contributed by atoms with Crippen LogP contribution in [-0.4, -0.2) is 16.2 Å². The van der Waals surface area contributed by atoms with E-state index in [0.29, 0.717) is 0 Å². The third-order valence-electron chi connectivity index (χ3n) is 1.96. The molecular weight excluding hydrogens is 213 g/mol. The zero-order valence-corrected chi connectivity index (χ0v) is 7.64. The first kappa shape index (κ1) is 11.4. The van der Waals surface area contributed by atoms with E-state index in [4.69, 9.17) is 5.11 Å². The smallest absolute Gasteiger partial charge is 0.342 e. The summed E-state index contributed by atoms with van der Waals surface area (Å²) in [7, 11) is 0. The van der Waals surface area contributed by atoms with Gasteiger partial charge in [-0.3, -0.25) is 0 Å². The summed E-state index contributed by atoms with van der Waals surface area (Å²) in [5.74, 6) is -8.26. The van der Waals surface area contributed by atoms with Crippen LogP contribution in [-0.2, 0) is 6.42 Å². The van der Waals surface area contributed by atoms with E-state index < -0.39 is 40.3 Å². The maximum atomic E-state index is 13.0. The zero-order chi connectivity index (χ0) is 11.7. The Bertz CT molecular complexity index is 429. The van der Waals surface area contributed by atoms with Gasteiger partial charge in [0.2, 0.25) is 0 Å². The number of carbonyl (C=O) groups is 1. The highest BCUT2D eigenvalue weighted by Crippen LogP contribution is 2.30. The van der Waals surface area contributed by atoms with Crippen molar-refractivity contribution < 1.29 is 28.2 Å². The van der Waals surface area contributed by atoms with Crippen LogP contribution in [0.5, 0.6) is 5.75 Å². The number of hydrogen-bond donors (Lipinski definition) is 2. The molecule has 3 nitrogen and oxygen atoms in total. The molecule has 1 rings (SSSR count). The summed E-state index contributed by atoms with van der Waals surface area (Å²) in [6, 6.07) is 0. The van der Waals surface area contributed by atoms with Crippen LogP contribution in [0.1, 0.15) is 22.8 Å². The van der Waals surface area contributed by atoms with E-state index in [1.54, 1.807) is 0 Å². The number of phenols is 1. The molecule has 6 heteroatoms. The van der Waals surface area contributed by atoms with Crippen LogP contribution in [0, 0.1) is 17.5 Å². The normalized spacial score (nSPS) is 10.4. The Hall–Kier alpha value is -1.72. The quantitative estimate of drug-likeness (QED) is 0.750. The van der Waals surface area contributed by atoms with Gasteiger partial charge in [-0.15, -0.1) is 0 Å². The second-order valence-corrected chi connectivity index (χ2v) is 2.80. The fourth-order valence-corrected chi connectivity index (χ4v) is 1.22. The Balaban J connectivity index is 3.68. The van der Waals surface area contributed by atoms with Gasteiger partial charge >= 0.3 is 5.97 Å². The van der Waals surface area contributed by atoms with Gasteiger partial charge in [0.15, 0.2) is 17.5 Å². The van der Waals surface area contributed by atoms with Gasteiger partial charge in [0.1, 0.15) is 11.3 Å². The first-order valence-electron chi connectivity index (χ1n) is 4.03. The molecule has 0 saturated carbocycles. The molecule has 0 aliphatic carbocycles. The minimum atomic E-state index is -1.89. The first-order chi connectivity index (χ1) is 6.91. The number of benzene rings is 1. The van der Waals surface area contributed by atoms with Gasteiger partial charge in [-0.1, -0.05) is 6.92 Å². The van der Waals surface area contributed by atoms with Crippen molar-refractivity contribution in [2.24, 2.45) is 0 Å². The van der Waals surface area contributed by atoms with Crippen LogP contribution < -0.4 is 0 Å². The minimum Gasteiger partial charge on any atom is -0.507 e. The van der Waals surface area contributed by atoms with Gasteiger partial charge in [-0.05, 0) is 6.42 Å². The lowest BCUT2D eigenvalue weighted by atomic mass is 10.0. The van der Waals surface area contributed by atoms with Crippen molar-refractivity contribution in [3.05, 3.63) is 28.6 Å². The largest absolute Gasteiger partial charge is 0.507 e. The number of carboxylic acid groups (broad SMARTS) is 1. The lowest BCUT2D eigenvalue weighted by molar-refractivity contribution is 0.0686. The molecule has 0 aromatic heterocycles. The van der Waals surface area contributed by atoms with Crippen LogP contribution in [0.2, 0.25) is 0 Å². The molecule has 0 heterocycles. The number of carboxylic acids is 1. The van der Waals surface area contributed by atoms with Crippen molar-refractivity contribution in [1.82, 2.24) is 0 Å². The van der Waals surface area contributed by atoms with Crippen molar-refractivity contribution in [2.45, 2.75) is 13.3 Å². The summed E-state index contributed by atoms with van der Waals surface area (Å²) in [5.41, 5.74) is -1.79. The number of aromatic hydroxyl groups is 1. The monoisotopic (exact) mass is 220 g/mol. The Morgan fingerprint density at radius 1 is 1.20 bits per heavy atom. The standard InChI is InChI=1S/C9H7F3O3/c1-2-3-5(10)7(12)6(11)4(8(3)13)9(14)15/h13H,2H2,1H3,(H,14,15). The van der Waals surface area contributed by atoms with Crippen molar-refractivity contribution in [2.75, 3.05) is 0 Å². The zero-order valence-electron chi connectivity index (χ0n) is 7.64. The summed E-state index contributed by atoms with van der Waals surface area (Å²) in [4.78, 5) is 10.5. The lowest BCUT2D eigenvalue weighted by Crippen LogP contribution is -2.08. The molecule has 0 saturated heterocycles. The fourth-order valence-electron chi connectivity index (χ4n) is 1.22. The Kier molecular flexibility index (Phi) is 2.88. The third-order valence-corrected chi connectivity index (χ3v) is 1.96. The number of hydrogen-bond acceptors (Lipinski definition) is 2. The third kappa shape index (κ3) is 1.62. The number of halogens is 3. The van der Waals surface area contributed by atoms with E-state index in [1.807, 2.05) is 0 Å². The maximum Gasteiger partial charge on any atom is 0.342 e. The van der Waals surface area contributed by atoms with E-state index in [2.05, 4.69) is 0 Å². The summed E-state index contributed by atoms with van der Waals surface area (Å²) in [6.07, 6.45) is -0.144. The van der Waals surface area contributed by atoms with Crippen LogP contribution in [0.25, 0.3) is 0 Å². The molecule has 0 fully saturated rings. The van der Waals surface area contributed by atoms with Crippen LogP contribution in [0.3, 0.4) is 0 Å². The molecular formula is C9H7F3O3. The van der Waals surface area contributed by atoms with Crippen molar-refractivity contribution in [1.29, 1.82) is 0 Å². The first-order valence-corrected chi connectivity index (χ1v) is 4.03. The summed E-state index contributed by atoms with van der Waals surface area (Å²) < 4.78 is 38.8. The average Bonchev–Trinajstić information content (AvgIpc) is 2.15. The molecule has 0 spiro atoms. The van der Waals surface area contributed by atoms with Gasteiger partial charge in [-0.25, -0.2) is 18.0 Å². The predicted molar refractivity (Wildman–Crippen MR) is 44.3 cm³/mol. The molecule has 1 aromatic rings. The van der Waals surface area contributed by atoms with Gasteiger partial charge in [0.25, 0.3) is 0 Å². The van der Waals surface area contributed by atoms with Gasteiger partial charge in [0, 0.05) is 5.56 Å². The Morgan fingerprint density at radius 2 is 1.73 bits per heavy atom. The second-order valence-electron chi connectivity index (χ2n) is 2.80. The molecule has 0 amide bonds. The van der Waals surface area contributed by atoms with E-state index in [1.165, 1.54) is 6.92 Å². The fraction of sp³-hybridized carbons (Fsp3) is 0.222. The molecule has 0 aliphatic heterocycles. The van der Waals surface area contributed by atoms with E-state index in [9.17, 15) is 23.1 Å². The molecule has 0 unspecified atom stereocenters. The average molecular weight is 220 g/mol. The number of rotatable bonds is 2. The van der Waals surface area contributed by atoms with Crippen LogP contribution in [0.15, 0.2) is 0 Å². The van der Waals surface area contributed by atoms with E-state index in [0.717, 1.165) is 0 Å². The van der Waals surface area contributed by atoms with Crippen molar-refractivity contribution in [3.8, 4) is 5.75 Å². The molecule has 0 bridgehead atoms. The molecule has 0 atom stereocenters. The van der Waals surface area contributed by atoms with Crippen molar-refractivity contribution in [3.63, 3.8) is 0 Å². The minimum absolute atomic E-state index is 0.144. The molecule has 2 N–H and O–H groups in total. The Morgan fingerprint density at radius 3 is 2.13 bits per heavy atom. The molecule has 1 aromatic carbocycles. The highest BCUT2D eigenvalue weighted by atomic mass is 19.2. The highest BCUT2D eigenvalue weighted by Gasteiger charge is 2.27. The molecule has 0 radical (unpaired) electrons. The van der Waals surface area contributed by atoms with Gasteiger partial charge < -0.3 is 10.2 Å². The molecule has 0 aliphatic rings. The molecule has 82 valence electrons. The lowest BCUT2D eigenvalue weighted by Gasteiger charge is -2.08. The SMILES string of the molecule is CCc1c(O)c(C(=O)O)c(F)c(F)c1F. The van der Waals surface area contributed by atoms with E-state index >= 15 is 0 Å². The van der Waals surface area contributed by atoms with Gasteiger partial charge in [0.05, 0.1) is 0 Å². The molecule has 15 heavy (non-hydrogen) atoms. The predicted octanol–water partition coefficient (Wildman–Crippen LogP) is 2.07. The summed E-state index contributed by atoms with van der Waals surface area (Å²) in [5, 5.41) is 17.7. The Labute approximate surface area is 82.8 Å². The summed E-state index contributed by atoms with van der Waals surface area (Å²) >= 11 is 0. The van der Waals surface area contributed by atoms with Crippen molar-refractivity contribution >= 4 is 5.97 Å². The topological polar surface area (TPSA) is 57.5 Å². The van der Waals surface area contributed by atoms with Gasteiger partial charge in [-0.2, -0.15) is 0 Å². The van der Waals surface area contributed by atoms with E-state index in [-0.39, 0.29) is 6.42 Å². The summed E-state index contributed by atoms with van der Waals surface area (Å²) in [6.45, 7) is 1.38. The second kappa shape index (κ2) is 3.80.